The molecule has 1 aromatic rings. The Labute approximate surface area is 134 Å². The van der Waals surface area contributed by atoms with Gasteiger partial charge in [-0.15, -0.1) is 0 Å². The van der Waals surface area contributed by atoms with Crippen LogP contribution in [-0.4, -0.2) is 45.5 Å². The number of amides is 1. The lowest BCUT2D eigenvalue weighted by molar-refractivity contribution is 0.0869. The summed E-state index contributed by atoms with van der Waals surface area (Å²) in [6, 6.07) is 5.94. The summed E-state index contributed by atoms with van der Waals surface area (Å²) >= 11 is 1.28. The molecule has 3 rings (SSSR count). The van der Waals surface area contributed by atoms with Gasteiger partial charge in [0.25, 0.3) is 11.1 Å². The Kier molecular flexibility index (Phi) is 4.97. The van der Waals surface area contributed by atoms with E-state index in [1.54, 1.807) is 15.7 Å². The van der Waals surface area contributed by atoms with Crippen molar-refractivity contribution in [3.8, 4) is 0 Å². The Morgan fingerprint density at radius 3 is 2.82 bits per heavy atom. The van der Waals surface area contributed by atoms with Gasteiger partial charge in [-0.25, -0.2) is 0 Å². The number of carbonyl (C=O) groups excluding carboxylic acids is 2. The molecule has 2 fully saturated rings. The highest BCUT2D eigenvalue weighted by molar-refractivity contribution is 8.13. The molecule has 1 aliphatic heterocycles. The van der Waals surface area contributed by atoms with Crippen LogP contribution in [0.3, 0.4) is 0 Å². The number of pyridine rings is 1. The van der Waals surface area contributed by atoms with Crippen LogP contribution in [0.1, 0.15) is 36.9 Å². The highest BCUT2D eigenvalue weighted by atomic mass is 32.2. The van der Waals surface area contributed by atoms with Gasteiger partial charge in [-0.05, 0) is 25.0 Å². The van der Waals surface area contributed by atoms with Gasteiger partial charge in [0.2, 0.25) is 0 Å². The van der Waals surface area contributed by atoms with Crippen LogP contribution in [0.5, 0.6) is 0 Å². The first-order valence-corrected chi connectivity index (χ1v) is 8.89. The van der Waals surface area contributed by atoms with E-state index in [-0.39, 0.29) is 17.7 Å². The van der Waals surface area contributed by atoms with E-state index in [2.05, 4.69) is 0 Å². The Balaban J connectivity index is 1.79. The molecule has 0 unspecified atom stereocenters. The van der Waals surface area contributed by atoms with Crippen molar-refractivity contribution in [1.29, 1.82) is 0 Å². The lowest BCUT2D eigenvalue weighted by Crippen LogP contribution is -2.37. The predicted molar refractivity (Wildman–Crippen MR) is 86.9 cm³/mol. The summed E-state index contributed by atoms with van der Waals surface area (Å²) in [5.41, 5.74) is 0.707. The molecule has 0 spiro atoms. The summed E-state index contributed by atoms with van der Waals surface area (Å²) in [5, 5.41) is -0.00403. The van der Waals surface area contributed by atoms with E-state index < -0.39 is 0 Å². The molecule has 0 atom stereocenters. The maximum absolute atomic E-state index is 12.5. The minimum absolute atomic E-state index is 0.00403. The molecule has 2 aliphatic rings. The highest BCUT2D eigenvalue weighted by Gasteiger charge is 2.24. The van der Waals surface area contributed by atoms with Crippen LogP contribution in [0.4, 0.5) is 4.79 Å². The molecular formula is C16H21N3O2S. The van der Waals surface area contributed by atoms with Gasteiger partial charge in [0.1, 0.15) is 12.0 Å². The van der Waals surface area contributed by atoms with E-state index >= 15 is 0 Å². The van der Waals surface area contributed by atoms with E-state index in [1.807, 2.05) is 18.2 Å². The Bertz CT molecular complexity index is 620. The number of rotatable bonds is 3. The third-order valence-electron chi connectivity index (χ3n) is 4.17. The molecule has 1 aliphatic carbocycles. The van der Waals surface area contributed by atoms with E-state index in [4.69, 9.17) is 4.99 Å². The second kappa shape index (κ2) is 7.13. The van der Waals surface area contributed by atoms with Crippen LogP contribution < -0.4 is 5.49 Å². The Morgan fingerprint density at radius 1 is 1.27 bits per heavy atom. The second-order valence-electron chi connectivity index (χ2n) is 5.78. The first kappa shape index (κ1) is 15.3. The third-order valence-corrected chi connectivity index (χ3v) is 5.06. The fourth-order valence-corrected chi connectivity index (χ4v) is 3.78. The zero-order valence-electron chi connectivity index (χ0n) is 12.6. The van der Waals surface area contributed by atoms with Gasteiger partial charge in [-0.3, -0.25) is 19.1 Å². The lowest BCUT2D eigenvalue weighted by Gasteiger charge is -2.18. The quantitative estimate of drug-likeness (QED) is 0.860. The topological polar surface area (TPSA) is 54.7 Å². The maximum Gasteiger partial charge on any atom is 0.282 e. The monoisotopic (exact) mass is 319 g/mol. The molecule has 1 aromatic heterocycles. The van der Waals surface area contributed by atoms with Gasteiger partial charge in [0.05, 0.1) is 6.04 Å². The summed E-state index contributed by atoms with van der Waals surface area (Å²) in [6.45, 7) is 0.783. The minimum Gasteiger partial charge on any atom is -0.323 e. The number of nitrogens with zero attached hydrogens (tertiary/aromatic N) is 3. The van der Waals surface area contributed by atoms with Crippen molar-refractivity contribution < 1.29 is 9.59 Å². The van der Waals surface area contributed by atoms with E-state index in [9.17, 15) is 9.59 Å². The molecule has 2 heterocycles. The van der Waals surface area contributed by atoms with Crippen LogP contribution in [0, 0.1) is 0 Å². The summed E-state index contributed by atoms with van der Waals surface area (Å²) < 4.78 is 1.59. The van der Waals surface area contributed by atoms with Crippen molar-refractivity contribution in [3.05, 3.63) is 29.9 Å². The van der Waals surface area contributed by atoms with Crippen molar-refractivity contribution in [1.82, 2.24) is 9.47 Å². The normalized spacial score (nSPS) is 20.6. The van der Waals surface area contributed by atoms with Gasteiger partial charge >= 0.3 is 0 Å². The zero-order valence-corrected chi connectivity index (χ0v) is 13.4. The maximum atomic E-state index is 12.5. The van der Waals surface area contributed by atoms with Crippen LogP contribution in [-0.2, 0) is 0 Å². The fraction of sp³-hybridized carbons (Fsp3) is 0.562. The van der Waals surface area contributed by atoms with Gasteiger partial charge in [-0.2, -0.15) is 0 Å². The average Bonchev–Trinajstić information content (AvgIpc) is 2.94. The van der Waals surface area contributed by atoms with E-state index in [1.165, 1.54) is 31.0 Å². The van der Waals surface area contributed by atoms with Gasteiger partial charge in [-0.1, -0.05) is 37.1 Å². The standard InChI is InChI=1S/C16H21N3O2S/c20-15(12-18-10-11-22-16(18)21)19-9-5-4-8-14(19)17-13-6-2-1-3-7-13/h4-5,8-9,13H,1-3,6-7,10-12H2. The van der Waals surface area contributed by atoms with Crippen LogP contribution in [0.15, 0.2) is 29.4 Å². The Hall–Kier alpha value is -1.56. The molecule has 0 bridgehead atoms. The number of aromatic nitrogens is 1. The molecule has 1 saturated carbocycles. The molecule has 0 aromatic carbocycles. The first-order valence-electron chi connectivity index (χ1n) is 7.90. The van der Waals surface area contributed by atoms with Crippen molar-refractivity contribution in [2.45, 2.75) is 38.1 Å². The lowest BCUT2D eigenvalue weighted by atomic mass is 9.96. The van der Waals surface area contributed by atoms with Crippen molar-refractivity contribution in [2.24, 2.45) is 4.99 Å². The molecule has 6 heteroatoms. The molecule has 1 amide bonds. The number of thioether (sulfide) groups is 1. The number of carbonyl (C=O) groups is 2. The van der Waals surface area contributed by atoms with Crippen LogP contribution in [0.25, 0.3) is 0 Å². The molecule has 0 N–H and O–H groups in total. The summed E-state index contributed by atoms with van der Waals surface area (Å²) in [7, 11) is 0. The first-order chi connectivity index (χ1) is 10.7. The van der Waals surface area contributed by atoms with Gasteiger partial charge in [0.15, 0.2) is 0 Å². The Morgan fingerprint density at radius 2 is 2.09 bits per heavy atom. The average molecular weight is 319 g/mol. The zero-order chi connectivity index (χ0) is 15.4. The van der Waals surface area contributed by atoms with Crippen molar-refractivity contribution >= 4 is 22.9 Å². The largest absolute Gasteiger partial charge is 0.323 e. The SMILES string of the molecule is O=C1SCCN1CC(=O)n1ccccc1=NC1CCCCC1. The minimum atomic E-state index is -0.0917. The molecule has 0 radical (unpaired) electrons. The summed E-state index contributed by atoms with van der Waals surface area (Å²) in [6.07, 6.45) is 7.67. The smallest absolute Gasteiger partial charge is 0.282 e. The van der Waals surface area contributed by atoms with Gasteiger partial charge < -0.3 is 4.90 Å². The molecular weight excluding hydrogens is 298 g/mol. The molecule has 1 saturated heterocycles. The second-order valence-corrected chi connectivity index (χ2v) is 6.83. The van der Waals surface area contributed by atoms with E-state index in [0.717, 1.165) is 18.6 Å². The van der Waals surface area contributed by atoms with Crippen LogP contribution >= 0.6 is 11.8 Å². The number of hydrogen-bond acceptors (Lipinski definition) is 4. The molecule has 118 valence electrons. The number of hydrogen-bond donors (Lipinski definition) is 0. The predicted octanol–water partition coefficient (Wildman–Crippen LogP) is 2.53. The fourth-order valence-electron chi connectivity index (χ4n) is 2.96. The summed E-state index contributed by atoms with van der Waals surface area (Å²) in [4.78, 5) is 30.5. The molecule has 5 nitrogen and oxygen atoms in total. The van der Waals surface area contributed by atoms with Crippen LogP contribution in [0.2, 0.25) is 0 Å². The van der Waals surface area contributed by atoms with Gasteiger partial charge in [0, 0.05) is 18.5 Å². The van der Waals surface area contributed by atoms with Crippen molar-refractivity contribution in [2.75, 3.05) is 18.8 Å². The molecule has 22 heavy (non-hydrogen) atoms. The third kappa shape index (κ3) is 3.61. The van der Waals surface area contributed by atoms with E-state index in [0.29, 0.717) is 18.1 Å². The summed E-state index contributed by atoms with van der Waals surface area (Å²) in [5.74, 6) is 0.677. The highest BCUT2D eigenvalue weighted by Crippen LogP contribution is 2.19. The van der Waals surface area contributed by atoms with Crippen molar-refractivity contribution in [3.63, 3.8) is 0 Å².